The van der Waals surface area contributed by atoms with E-state index in [1.165, 1.54) is 11.3 Å². The molecular weight excluding hydrogens is 194 g/mol. The number of nitrogens with zero attached hydrogens (tertiary/aromatic N) is 2. The second kappa shape index (κ2) is 4.64. The average molecular weight is 205 g/mol. The Balaban J connectivity index is 2.33. The number of rotatable bonds is 4. The molecule has 1 unspecified atom stereocenters. The second-order valence-corrected chi connectivity index (χ2v) is 4.54. The molecule has 0 fully saturated rings. The summed E-state index contributed by atoms with van der Waals surface area (Å²) in [6, 6.07) is 0. The highest BCUT2D eigenvalue weighted by Crippen LogP contribution is 2.24. The summed E-state index contributed by atoms with van der Waals surface area (Å²) >= 11 is 3.02. The summed E-state index contributed by atoms with van der Waals surface area (Å²) in [6.07, 6.45) is 0.236. The second-order valence-electron chi connectivity index (χ2n) is 2.26. The van der Waals surface area contributed by atoms with Crippen molar-refractivity contribution in [2.24, 2.45) is 0 Å². The number of nitrogen functional groups attached to an aromatic ring is 1. The third-order valence-corrected chi connectivity index (χ3v) is 3.38. The highest BCUT2D eigenvalue weighted by atomic mass is 32.2. The van der Waals surface area contributed by atoms with E-state index in [4.69, 9.17) is 10.5 Å². The van der Waals surface area contributed by atoms with Crippen LogP contribution in [0.1, 0.15) is 6.92 Å². The summed E-state index contributed by atoms with van der Waals surface area (Å²) in [7, 11) is 1.69. The Morgan fingerprint density at radius 3 is 2.92 bits per heavy atom. The Hall–Kier alpha value is -0.330. The Morgan fingerprint density at radius 1 is 1.67 bits per heavy atom. The Kier molecular flexibility index (Phi) is 3.77. The van der Waals surface area contributed by atoms with Crippen molar-refractivity contribution in [2.75, 3.05) is 18.6 Å². The zero-order valence-electron chi connectivity index (χ0n) is 6.98. The van der Waals surface area contributed by atoms with Crippen molar-refractivity contribution in [3.8, 4) is 0 Å². The summed E-state index contributed by atoms with van der Waals surface area (Å²) in [4.78, 5) is 0. The lowest BCUT2D eigenvalue weighted by molar-refractivity contribution is 0.138. The fraction of sp³-hybridized carbons (Fsp3) is 0.667. The minimum absolute atomic E-state index is 0.236. The highest BCUT2D eigenvalue weighted by molar-refractivity contribution is 8.01. The van der Waals surface area contributed by atoms with Crippen molar-refractivity contribution in [3.63, 3.8) is 0 Å². The maximum absolute atomic E-state index is 5.42. The lowest BCUT2D eigenvalue weighted by Crippen LogP contribution is -2.07. The first kappa shape index (κ1) is 9.76. The summed E-state index contributed by atoms with van der Waals surface area (Å²) in [6.45, 7) is 2.01. The van der Waals surface area contributed by atoms with Crippen LogP contribution in [0.5, 0.6) is 0 Å². The molecule has 68 valence electrons. The fourth-order valence-electron chi connectivity index (χ4n) is 0.535. The van der Waals surface area contributed by atoms with E-state index in [1.807, 2.05) is 6.92 Å². The number of hydrogen-bond donors (Lipinski definition) is 1. The number of hydrogen-bond acceptors (Lipinski definition) is 6. The van der Waals surface area contributed by atoms with Crippen LogP contribution >= 0.6 is 23.1 Å². The molecule has 2 N–H and O–H groups in total. The van der Waals surface area contributed by atoms with Crippen LogP contribution in [0.4, 0.5) is 5.13 Å². The lowest BCUT2D eigenvalue weighted by Gasteiger charge is -2.05. The SMILES string of the molecule is COC(C)CSc1nnc(N)s1. The van der Waals surface area contributed by atoms with Crippen molar-refractivity contribution in [2.45, 2.75) is 17.4 Å². The first-order valence-electron chi connectivity index (χ1n) is 3.47. The minimum atomic E-state index is 0.236. The van der Waals surface area contributed by atoms with E-state index in [2.05, 4.69) is 10.2 Å². The molecule has 1 aromatic heterocycles. The quantitative estimate of drug-likeness (QED) is 0.749. The third kappa shape index (κ3) is 2.96. The fourth-order valence-corrected chi connectivity index (χ4v) is 2.19. The number of thioether (sulfide) groups is 1. The number of nitrogens with two attached hydrogens (primary N) is 1. The van der Waals surface area contributed by atoms with Gasteiger partial charge in [-0.05, 0) is 6.92 Å². The molecule has 0 radical (unpaired) electrons. The van der Waals surface area contributed by atoms with Gasteiger partial charge in [0, 0.05) is 12.9 Å². The topological polar surface area (TPSA) is 61.0 Å². The first-order valence-corrected chi connectivity index (χ1v) is 5.27. The van der Waals surface area contributed by atoms with Crippen LogP contribution in [-0.4, -0.2) is 29.2 Å². The molecule has 0 saturated carbocycles. The van der Waals surface area contributed by atoms with E-state index in [0.717, 1.165) is 10.1 Å². The van der Waals surface area contributed by atoms with Gasteiger partial charge in [-0.15, -0.1) is 10.2 Å². The Labute approximate surface area is 79.5 Å². The van der Waals surface area contributed by atoms with Crippen LogP contribution < -0.4 is 5.73 Å². The van der Waals surface area contributed by atoms with Crippen LogP contribution in [0, 0.1) is 0 Å². The lowest BCUT2D eigenvalue weighted by atomic mass is 10.5. The standard InChI is InChI=1S/C6H11N3OS2/c1-4(10-2)3-11-6-9-8-5(7)12-6/h4H,3H2,1-2H3,(H2,7,8). The molecule has 6 heteroatoms. The van der Waals surface area contributed by atoms with Crippen molar-refractivity contribution >= 4 is 28.2 Å². The van der Waals surface area contributed by atoms with Gasteiger partial charge >= 0.3 is 0 Å². The van der Waals surface area contributed by atoms with E-state index in [-0.39, 0.29) is 6.10 Å². The van der Waals surface area contributed by atoms with Gasteiger partial charge in [-0.2, -0.15) is 0 Å². The molecule has 0 bridgehead atoms. The Bertz CT molecular complexity index is 240. The van der Waals surface area contributed by atoms with Gasteiger partial charge in [0.2, 0.25) is 5.13 Å². The number of anilines is 1. The van der Waals surface area contributed by atoms with E-state index in [1.54, 1.807) is 18.9 Å². The third-order valence-electron chi connectivity index (χ3n) is 1.27. The van der Waals surface area contributed by atoms with Gasteiger partial charge in [-0.3, -0.25) is 0 Å². The van der Waals surface area contributed by atoms with Gasteiger partial charge in [0.15, 0.2) is 4.34 Å². The molecule has 12 heavy (non-hydrogen) atoms. The Morgan fingerprint density at radius 2 is 2.42 bits per heavy atom. The van der Waals surface area contributed by atoms with Gasteiger partial charge < -0.3 is 10.5 Å². The molecule has 0 amide bonds. The molecule has 0 aliphatic rings. The van der Waals surface area contributed by atoms with Crippen molar-refractivity contribution in [1.29, 1.82) is 0 Å². The van der Waals surface area contributed by atoms with Crippen molar-refractivity contribution < 1.29 is 4.74 Å². The van der Waals surface area contributed by atoms with Crippen molar-refractivity contribution in [3.05, 3.63) is 0 Å². The van der Waals surface area contributed by atoms with E-state index in [9.17, 15) is 0 Å². The summed E-state index contributed by atoms with van der Waals surface area (Å²) < 4.78 is 5.98. The largest absolute Gasteiger partial charge is 0.381 e. The first-order chi connectivity index (χ1) is 5.72. The smallest absolute Gasteiger partial charge is 0.203 e. The normalized spacial score (nSPS) is 13.2. The van der Waals surface area contributed by atoms with Crippen LogP contribution in [0.2, 0.25) is 0 Å². The number of ether oxygens (including phenoxy) is 1. The van der Waals surface area contributed by atoms with Crippen LogP contribution in [0.3, 0.4) is 0 Å². The molecular formula is C6H11N3OS2. The molecule has 1 heterocycles. The maximum atomic E-state index is 5.42. The molecule has 0 saturated heterocycles. The molecule has 0 aliphatic heterocycles. The molecule has 0 aromatic carbocycles. The molecule has 1 aromatic rings. The average Bonchev–Trinajstić information content (AvgIpc) is 2.47. The molecule has 1 atom stereocenters. The maximum Gasteiger partial charge on any atom is 0.203 e. The zero-order chi connectivity index (χ0) is 8.97. The highest BCUT2D eigenvalue weighted by Gasteiger charge is 2.04. The molecule has 1 rings (SSSR count). The molecule has 4 nitrogen and oxygen atoms in total. The van der Waals surface area contributed by atoms with E-state index in [0.29, 0.717) is 5.13 Å². The number of methoxy groups -OCH3 is 1. The summed E-state index contributed by atoms with van der Waals surface area (Å²) in [5.41, 5.74) is 5.42. The van der Waals surface area contributed by atoms with Crippen LogP contribution in [-0.2, 0) is 4.74 Å². The van der Waals surface area contributed by atoms with Gasteiger partial charge in [-0.1, -0.05) is 23.1 Å². The summed E-state index contributed by atoms with van der Waals surface area (Å²) in [5, 5.41) is 8.09. The van der Waals surface area contributed by atoms with Gasteiger partial charge in [0.25, 0.3) is 0 Å². The predicted molar refractivity (Wildman–Crippen MR) is 51.5 cm³/mol. The van der Waals surface area contributed by atoms with E-state index >= 15 is 0 Å². The van der Waals surface area contributed by atoms with Crippen LogP contribution in [0.15, 0.2) is 4.34 Å². The predicted octanol–water partition coefficient (Wildman–Crippen LogP) is 1.25. The number of aromatic nitrogens is 2. The minimum Gasteiger partial charge on any atom is -0.381 e. The van der Waals surface area contributed by atoms with Crippen molar-refractivity contribution in [1.82, 2.24) is 10.2 Å². The monoisotopic (exact) mass is 205 g/mol. The van der Waals surface area contributed by atoms with Gasteiger partial charge in [0.1, 0.15) is 0 Å². The van der Waals surface area contributed by atoms with Gasteiger partial charge in [-0.25, -0.2) is 0 Å². The van der Waals surface area contributed by atoms with Gasteiger partial charge in [0.05, 0.1) is 6.10 Å². The van der Waals surface area contributed by atoms with E-state index < -0.39 is 0 Å². The summed E-state index contributed by atoms with van der Waals surface area (Å²) in [5.74, 6) is 0.880. The van der Waals surface area contributed by atoms with Crippen LogP contribution in [0.25, 0.3) is 0 Å². The zero-order valence-corrected chi connectivity index (χ0v) is 8.61. The molecule has 0 spiro atoms. The molecule has 0 aliphatic carbocycles.